The molecule has 0 saturated carbocycles. The van der Waals surface area contributed by atoms with Crippen molar-refractivity contribution >= 4 is 11.6 Å². The van der Waals surface area contributed by atoms with Crippen molar-refractivity contribution < 1.29 is 9.53 Å². The lowest BCUT2D eigenvalue weighted by Crippen LogP contribution is -2.32. The van der Waals surface area contributed by atoms with Crippen LogP contribution in [0.3, 0.4) is 0 Å². The number of rotatable bonds is 4. The number of likely N-dealkylation sites (tertiary alicyclic amines) is 1. The van der Waals surface area contributed by atoms with Gasteiger partial charge in [0.2, 0.25) is 5.88 Å². The first-order valence-electron chi connectivity index (χ1n) is 7.25. The van der Waals surface area contributed by atoms with Crippen LogP contribution in [-0.2, 0) is 7.05 Å². The highest BCUT2D eigenvalue weighted by molar-refractivity contribution is 5.92. The summed E-state index contributed by atoms with van der Waals surface area (Å²) < 4.78 is 7.53. The Morgan fingerprint density at radius 1 is 1.41 bits per heavy atom. The fraction of sp³-hybridized carbons (Fsp3) is 0.400. The minimum absolute atomic E-state index is 0.0130. The lowest BCUT2D eigenvalue weighted by atomic mass is 10.3. The summed E-state index contributed by atoms with van der Waals surface area (Å²) in [4.78, 5) is 18.5. The topological polar surface area (TPSA) is 72.3 Å². The van der Waals surface area contributed by atoms with Crippen LogP contribution in [0.2, 0.25) is 0 Å². The highest BCUT2D eigenvalue weighted by Crippen LogP contribution is 2.24. The van der Waals surface area contributed by atoms with Gasteiger partial charge in [-0.25, -0.2) is 4.98 Å². The fourth-order valence-electron chi connectivity index (χ4n) is 2.59. The number of pyridine rings is 1. The van der Waals surface area contributed by atoms with E-state index in [1.807, 2.05) is 19.2 Å². The average molecular weight is 301 g/mol. The van der Waals surface area contributed by atoms with E-state index in [0.29, 0.717) is 24.7 Å². The van der Waals surface area contributed by atoms with Crippen LogP contribution in [-0.4, -0.2) is 51.8 Å². The van der Waals surface area contributed by atoms with Crippen LogP contribution < -0.4 is 10.1 Å². The van der Waals surface area contributed by atoms with Crippen LogP contribution in [0.5, 0.6) is 5.88 Å². The minimum Gasteiger partial charge on any atom is -0.471 e. The van der Waals surface area contributed by atoms with Gasteiger partial charge in [-0.2, -0.15) is 5.10 Å². The lowest BCUT2D eigenvalue weighted by molar-refractivity contribution is 0.0760. The predicted molar refractivity (Wildman–Crippen MR) is 81.9 cm³/mol. The number of aryl methyl sites for hydroxylation is 1. The number of hydrogen-bond acceptors (Lipinski definition) is 5. The third-order valence-corrected chi connectivity index (χ3v) is 3.79. The van der Waals surface area contributed by atoms with Gasteiger partial charge < -0.3 is 15.0 Å². The number of carbonyl (C=O) groups is 1. The molecule has 3 rings (SSSR count). The SMILES string of the molecule is CNc1cccnc1OC1CCN(C(=O)c2ccnn2C)C1. The van der Waals surface area contributed by atoms with Crippen molar-refractivity contribution in [1.29, 1.82) is 0 Å². The van der Waals surface area contributed by atoms with Gasteiger partial charge in [0.25, 0.3) is 5.91 Å². The Kier molecular flexibility index (Phi) is 3.95. The standard InChI is InChI=1S/C15H19N5O2/c1-16-12-4-3-7-17-14(12)22-11-6-9-20(10-11)15(21)13-5-8-18-19(13)2/h3-5,7-8,11,16H,6,9-10H2,1-2H3. The maximum Gasteiger partial charge on any atom is 0.272 e. The number of hydrogen-bond donors (Lipinski definition) is 1. The largest absolute Gasteiger partial charge is 0.471 e. The predicted octanol–water partition coefficient (Wildman–Crippen LogP) is 1.15. The summed E-state index contributed by atoms with van der Waals surface area (Å²) in [6.45, 7) is 1.24. The minimum atomic E-state index is -0.0424. The lowest BCUT2D eigenvalue weighted by Gasteiger charge is -2.17. The number of nitrogens with one attached hydrogen (secondary N) is 1. The third kappa shape index (κ3) is 2.74. The summed E-state index contributed by atoms with van der Waals surface area (Å²) in [5, 5.41) is 7.09. The van der Waals surface area contributed by atoms with E-state index in [0.717, 1.165) is 12.1 Å². The molecule has 0 aromatic carbocycles. The first-order valence-corrected chi connectivity index (χ1v) is 7.25. The first kappa shape index (κ1) is 14.4. The van der Waals surface area contributed by atoms with E-state index in [1.54, 1.807) is 35.1 Å². The molecule has 0 bridgehead atoms. The second-order valence-electron chi connectivity index (χ2n) is 5.23. The number of ether oxygens (including phenoxy) is 1. The Morgan fingerprint density at radius 2 is 2.27 bits per heavy atom. The van der Waals surface area contributed by atoms with Gasteiger partial charge in [-0.05, 0) is 18.2 Å². The summed E-state index contributed by atoms with van der Waals surface area (Å²) in [7, 11) is 3.60. The number of carbonyl (C=O) groups excluding carboxylic acids is 1. The molecule has 7 nitrogen and oxygen atoms in total. The molecule has 1 saturated heterocycles. The second kappa shape index (κ2) is 6.05. The molecule has 116 valence electrons. The Labute approximate surface area is 128 Å². The summed E-state index contributed by atoms with van der Waals surface area (Å²) in [6.07, 6.45) is 4.08. The number of amides is 1. The quantitative estimate of drug-likeness (QED) is 0.917. The van der Waals surface area contributed by atoms with Gasteiger partial charge in [-0.3, -0.25) is 9.48 Å². The fourth-order valence-corrected chi connectivity index (χ4v) is 2.59. The van der Waals surface area contributed by atoms with Crippen LogP contribution in [0.15, 0.2) is 30.6 Å². The zero-order valence-electron chi connectivity index (χ0n) is 12.7. The van der Waals surface area contributed by atoms with E-state index in [-0.39, 0.29) is 12.0 Å². The van der Waals surface area contributed by atoms with E-state index >= 15 is 0 Å². The Hall–Kier alpha value is -2.57. The average Bonchev–Trinajstić information content (AvgIpc) is 3.16. The zero-order valence-corrected chi connectivity index (χ0v) is 12.7. The van der Waals surface area contributed by atoms with Crippen molar-refractivity contribution in [3.63, 3.8) is 0 Å². The van der Waals surface area contributed by atoms with Gasteiger partial charge in [0.1, 0.15) is 11.8 Å². The summed E-state index contributed by atoms with van der Waals surface area (Å²) in [6, 6.07) is 5.50. The van der Waals surface area contributed by atoms with Crippen molar-refractivity contribution in [3.05, 3.63) is 36.3 Å². The maximum atomic E-state index is 12.4. The number of anilines is 1. The number of aromatic nitrogens is 3. The van der Waals surface area contributed by atoms with Crippen molar-refractivity contribution in [2.24, 2.45) is 7.05 Å². The van der Waals surface area contributed by atoms with Crippen molar-refractivity contribution in [2.75, 3.05) is 25.5 Å². The molecule has 1 N–H and O–H groups in total. The molecule has 1 atom stereocenters. The number of nitrogens with zero attached hydrogens (tertiary/aromatic N) is 4. The van der Waals surface area contributed by atoms with E-state index in [4.69, 9.17) is 4.74 Å². The molecule has 7 heteroatoms. The van der Waals surface area contributed by atoms with Crippen LogP contribution in [0.1, 0.15) is 16.9 Å². The van der Waals surface area contributed by atoms with Crippen molar-refractivity contribution in [1.82, 2.24) is 19.7 Å². The van der Waals surface area contributed by atoms with Crippen LogP contribution in [0, 0.1) is 0 Å². The molecule has 1 amide bonds. The molecule has 22 heavy (non-hydrogen) atoms. The molecule has 0 radical (unpaired) electrons. The summed E-state index contributed by atoms with van der Waals surface area (Å²) >= 11 is 0. The highest BCUT2D eigenvalue weighted by Gasteiger charge is 2.30. The Morgan fingerprint density at radius 3 is 3.00 bits per heavy atom. The Bertz CT molecular complexity index is 669. The molecule has 1 fully saturated rings. The summed E-state index contributed by atoms with van der Waals surface area (Å²) in [5.74, 6) is 0.561. The second-order valence-corrected chi connectivity index (χ2v) is 5.23. The Balaban J connectivity index is 1.65. The zero-order chi connectivity index (χ0) is 15.5. The van der Waals surface area contributed by atoms with E-state index < -0.39 is 0 Å². The molecule has 1 aliphatic rings. The molecule has 2 aromatic rings. The highest BCUT2D eigenvalue weighted by atomic mass is 16.5. The smallest absolute Gasteiger partial charge is 0.272 e. The van der Waals surface area contributed by atoms with Gasteiger partial charge in [0.05, 0.1) is 12.2 Å². The van der Waals surface area contributed by atoms with Crippen molar-refractivity contribution in [3.8, 4) is 5.88 Å². The molecule has 3 heterocycles. The molecule has 1 unspecified atom stereocenters. The van der Waals surface area contributed by atoms with E-state index in [9.17, 15) is 4.79 Å². The van der Waals surface area contributed by atoms with Crippen LogP contribution >= 0.6 is 0 Å². The van der Waals surface area contributed by atoms with Gasteiger partial charge in [0.15, 0.2) is 0 Å². The van der Waals surface area contributed by atoms with Crippen molar-refractivity contribution in [2.45, 2.75) is 12.5 Å². The molecular formula is C15H19N5O2. The molecule has 0 aliphatic carbocycles. The molecule has 2 aromatic heterocycles. The van der Waals surface area contributed by atoms with E-state index in [1.165, 1.54) is 0 Å². The van der Waals surface area contributed by atoms with Crippen LogP contribution in [0.4, 0.5) is 5.69 Å². The first-order chi connectivity index (χ1) is 10.7. The summed E-state index contributed by atoms with van der Waals surface area (Å²) in [5.41, 5.74) is 1.44. The maximum absolute atomic E-state index is 12.4. The molecular weight excluding hydrogens is 282 g/mol. The normalized spacial score (nSPS) is 17.5. The third-order valence-electron chi connectivity index (χ3n) is 3.79. The van der Waals surface area contributed by atoms with Gasteiger partial charge in [-0.15, -0.1) is 0 Å². The van der Waals surface area contributed by atoms with Gasteiger partial charge >= 0.3 is 0 Å². The monoisotopic (exact) mass is 301 g/mol. The van der Waals surface area contributed by atoms with Gasteiger partial charge in [0, 0.05) is 39.5 Å². The molecule has 0 spiro atoms. The van der Waals surface area contributed by atoms with E-state index in [2.05, 4.69) is 15.4 Å². The molecule has 1 aliphatic heterocycles. The van der Waals surface area contributed by atoms with Gasteiger partial charge in [-0.1, -0.05) is 0 Å². The van der Waals surface area contributed by atoms with Crippen LogP contribution in [0.25, 0.3) is 0 Å².